The SMILES string of the molecule is CCCCCCC(C)(CCCCCC)N1CCOCC1N. The van der Waals surface area contributed by atoms with Crippen LogP contribution in [0, 0.1) is 0 Å². The van der Waals surface area contributed by atoms with Gasteiger partial charge in [0.05, 0.1) is 19.4 Å². The van der Waals surface area contributed by atoms with Crippen LogP contribution in [0.25, 0.3) is 0 Å². The molecule has 0 aliphatic carbocycles. The van der Waals surface area contributed by atoms with Gasteiger partial charge >= 0.3 is 0 Å². The summed E-state index contributed by atoms with van der Waals surface area (Å²) in [6.07, 6.45) is 13.4. The molecule has 1 rings (SSSR count). The number of unbranched alkanes of at least 4 members (excludes halogenated alkanes) is 6. The fourth-order valence-electron chi connectivity index (χ4n) is 3.57. The van der Waals surface area contributed by atoms with E-state index in [0.717, 1.165) is 13.2 Å². The molecule has 0 aromatic heterocycles. The maximum Gasteiger partial charge on any atom is 0.0818 e. The van der Waals surface area contributed by atoms with Crippen LogP contribution < -0.4 is 5.73 Å². The van der Waals surface area contributed by atoms with Crippen LogP contribution in [0.5, 0.6) is 0 Å². The molecule has 1 aliphatic heterocycles. The normalized spacial score (nSPS) is 20.9. The average Bonchev–Trinajstić information content (AvgIpc) is 2.49. The van der Waals surface area contributed by atoms with Gasteiger partial charge in [0.15, 0.2) is 0 Å². The summed E-state index contributed by atoms with van der Waals surface area (Å²) < 4.78 is 5.53. The molecule has 0 spiro atoms. The number of morpholine rings is 1. The van der Waals surface area contributed by atoms with E-state index < -0.39 is 0 Å². The van der Waals surface area contributed by atoms with Gasteiger partial charge in [-0.15, -0.1) is 0 Å². The van der Waals surface area contributed by atoms with Gasteiger partial charge in [-0.05, 0) is 19.8 Å². The number of ether oxygens (including phenoxy) is 1. The molecule has 3 heteroatoms. The number of nitrogens with two attached hydrogens (primary N) is 1. The van der Waals surface area contributed by atoms with E-state index in [1.54, 1.807) is 0 Å². The standard InChI is InChI=1S/C18H38N2O/c1-4-6-8-10-12-18(3,13-11-9-7-5-2)20-14-15-21-16-17(20)19/h17H,4-16,19H2,1-3H3. The zero-order valence-electron chi connectivity index (χ0n) is 14.7. The lowest BCUT2D eigenvalue weighted by molar-refractivity contribution is -0.0646. The highest BCUT2D eigenvalue weighted by atomic mass is 16.5. The van der Waals surface area contributed by atoms with Crippen LogP contribution >= 0.6 is 0 Å². The van der Waals surface area contributed by atoms with Gasteiger partial charge in [-0.2, -0.15) is 0 Å². The summed E-state index contributed by atoms with van der Waals surface area (Å²) in [6, 6.07) is 0. The van der Waals surface area contributed by atoms with Gasteiger partial charge in [-0.3, -0.25) is 4.90 Å². The molecular formula is C18H38N2O. The average molecular weight is 299 g/mol. The van der Waals surface area contributed by atoms with Crippen molar-refractivity contribution >= 4 is 0 Å². The summed E-state index contributed by atoms with van der Waals surface area (Å²) in [6.45, 7) is 9.53. The Kier molecular flexibility index (Phi) is 9.54. The lowest BCUT2D eigenvalue weighted by Crippen LogP contribution is -2.60. The molecule has 0 bridgehead atoms. The minimum Gasteiger partial charge on any atom is -0.377 e. The summed E-state index contributed by atoms with van der Waals surface area (Å²) in [7, 11) is 0. The van der Waals surface area contributed by atoms with Crippen molar-refractivity contribution in [3.8, 4) is 0 Å². The summed E-state index contributed by atoms with van der Waals surface area (Å²) in [5.74, 6) is 0. The quantitative estimate of drug-likeness (QED) is 0.578. The molecule has 3 nitrogen and oxygen atoms in total. The van der Waals surface area contributed by atoms with Crippen LogP contribution in [0.1, 0.15) is 85.0 Å². The van der Waals surface area contributed by atoms with E-state index in [1.165, 1.54) is 64.2 Å². The van der Waals surface area contributed by atoms with E-state index >= 15 is 0 Å². The Labute approximate surface area is 132 Å². The molecular weight excluding hydrogens is 260 g/mol. The molecule has 1 atom stereocenters. The van der Waals surface area contributed by atoms with Crippen molar-refractivity contribution in [1.29, 1.82) is 0 Å². The van der Waals surface area contributed by atoms with E-state index in [2.05, 4.69) is 25.7 Å². The zero-order chi connectivity index (χ0) is 15.6. The Morgan fingerprint density at radius 1 is 1.00 bits per heavy atom. The first-order chi connectivity index (χ1) is 10.1. The minimum atomic E-state index is 0.0844. The maximum atomic E-state index is 6.33. The molecule has 1 heterocycles. The van der Waals surface area contributed by atoms with Crippen LogP contribution in [0.15, 0.2) is 0 Å². The highest BCUT2D eigenvalue weighted by molar-refractivity contribution is 4.90. The predicted molar refractivity (Wildman–Crippen MR) is 91.4 cm³/mol. The second-order valence-electron chi connectivity index (χ2n) is 6.95. The Balaban J connectivity index is 2.53. The van der Waals surface area contributed by atoms with E-state index in [0.29, 0.717) is 6.61 Å². The monoisotopic (exact) mass is 298 g/mol. The largest absolute Gasteiger partial charge is 0.377 e. The molecule has 126 valence electrons. The molecule has 0 aromatic carbocycles. The summed E-state index contributed by atoms with van der Waals surface area (Å²) in [5, 5.41) is 0. The van der Waals surface area contributed by atoms with Crippen LogP contribution in [0.4, 0.5) is 0 Å². The van der Waals surface area contributed by atoms with Crippen molar-refractivity contribution < 1.29 is 4.74 Å². The fourth-order valence-corrected chi connectivity index (χ4v) is 3.57. The molecule has 0 radical (unpaired) electrons. The maximum absolute atomic E-state index is 6.33. The molecule has 0 aromatic rings. The van der Waals surface area contributed by atoms with Crippen molar-refractivity contribution in [2.75, 3.05) is 19.8 Å². The van der Waals surface area contributed by atoms with Gasteiger partial charge in [0.1, 0.15) is 0 Å². The van der Waals surface area contributed by atoms with Crippen LogP contribution in [-0.4, -0.2) is 36.4 Å². The van der Waals surface area contributed by atoms with Crippen LogP contribution in [0.3, 0.4) is 0 Å². The van der Waals surface area contributed by atoms with Crippen molar-refractivity contribution in [1.82, 2.24) is 4.90 Å². The first-order valence-electron chi connectivity index (χ1n) is 9.24. The van der Waals surface area contributed by atoms with E-state index in [-0.39, 0.29) is 11.7 Å². The first-order valence-corrected chi connectivity index (χ1v) is 9.24. The Bertz CT molecular complexity index is 246. The van der Waals surface area contributed by atoms with Crippen LogP contribution in [0.2, 0.25) is 0 Å². The third-order valence-corrected chi connectivity index (χ3v) is 5.00. The van der Waals surface area contributed by atoms with E-state index in [9.17, 15) is 0 Å². The number of hydrogen-bond donors (Lipinski definition) is 1. The van der Waals surface area contributed by atoms with Gasteiger partial charge in [-0.25, -0.2) is 0 Å². The van der Waals surface area contributed by atoms with Gasteiger partial charge in [-0.1, -0.05) is 65.2 Å². The molecule has 1 unspecified atom stereocenters. The van der Waals surface area contributed by atoms with Crippen molar-refractivity contribution in [2.45, 2.75) is 96.7 Å². The van der Waals surface area contributed by atoms with Gasteiger partial charge in [0.2, 0.25) is 0 Å². The minimum absolute atomic E-state index is 0.0844. The molecule has 21 heavy (non-hydrogen) atoms. The van der Waals surface area contributed by atoms with Gasteiger partial charge in [0.25, 0.3) is 0 Å². The highest BCUT2D eigenvalue weighted by Crippen LogP contribution is 2.31. The van der Waals surface area contributed by atoms with Gasteiger partial charge in [0, 0.05) is 12.1 Å². The zero-order valence-corrected chi connectivity index (χ0v) is 14.7. The second kappa shape index (κ2) is 10.6. The summed E-state index contributed by atoms with van der Waals surface area (Å²) >= 11 is 0. The lowest BCUT2D eigenvalue weighted by atomic mass is 9.85. The number of rotatable bonds is 11. The third kappa shape index (κ3) is 6.66. The topological polar surface area (TPSA) is 38.5 Å². The molecule has 0 saturated carbocycles. The number of nitrogens with zero attached hydrogens (tertiary/aromatic N) is 1. The van der Waals surface area contributed by atoms with E-state index in [4.69, 9.17) is 10.5 Å². The van der Waals surface area contributed by atoms with Crippen molar-refractivity contribution in [2.24, 2.45) is 5.73 Å². The van der Waals surface area contributed by atoms with Crippen molar-refractivity contribution in [3.63, 3.8) is 0 Å². The second-order valence-corrected chi connectivity index (χ2v) is 6.95. The Morgan fingerprint density at radius 3 is 2.05 bits per heavy atom. The lowest BCUT2D eigenvalue weighted by Gasteiger charge is -2.47. The summed E-state index contributed by atoms with van der Waals surface area (Å²) in [4.78, 5) is 2.54. The molecule has 1 aliphatic rings. The smallest absolute Gasteiger partial charge is 0.0818 e. The molecule has 2 N–H and O–H groups in total. The predicted octanol–water partition coefficient (Wildman–Crippen LogP) is 4.30. The molecule has 1 saturated heterocycles. The van der Waals surface area contributed by atoms with Crippen molar-refractivity contribution in [3.05, 3.63) is 0 Å². The Hall–Kier alpha value is -0.120. The highest BCUT2D eigenvalue weighted by Gasteiger charge is 2.35. The van der Waals surface area contributed by atoms with E-state index in [1.807, 2.05) is 0 Å². The molecule has 1 fully saturated rings. The third-order valence-electron chi connectivity index (χ3n) is 5.00. The van der Waals surface area contributed by atoms with Gasteiger partial charge < -0.3 is 10.5 Å². The molecule has 0 amide bonds. The number of hydrogen-bond acceptors (Lipinski definition) is 3. The van der Waals surface area contributed by atoms with Crippen LogP contribution in [-0.2, 0) is 4.74 Å². The summed E-state index contributed by atoms with van der Waals surface area (Å²) in [5.41, 5.74) is 6.60. The first kappa shape index (κ1) is 18.9. The fraction of sp³-hybridized carbons (Fsp3) is 1.00. The Morgan fingerprint density at radius 2 is 1.57 bits per heavy atom.